The molecule has 5 nitrogen and oxygen atoms in total. The zero-order chi connectivity index (χ0) is 18.7. The zero-order valence-electron chi connectivity index (χ0n) is 14.4. The molecule has 1 fully saturated rings. The molecule has 3 rings (SSSR count). The van der Waals surface area contributed by atoms with Gasteiger partial charge in [0, 0.05) is 0 Å². The van der Waals surface area contributed by atoms with Crippen molar-refractivity contribution in [1.29, 1.82) is 0 Å². The van der Waals surface area contributed by atoms with E-state index in [4.69, 9.17) is 5.11 Å². The number of carbonyl (C=O) groups is 2. The Bertz CT molecular complexity index is 931. The average Bonchev–Trinajstić information content (AvgIpc) is 2.96. The minimum absolute atomic E-state index is 0.163. The van der Waals surface area contributed by atoms with Crippen molar-refractivity contribution in [3.63, 3.8) is 0 Å². The minimum Gasteiger partial charge on any atom is -0.478 e. The summed E-state index contributed by atoms with van der Waals surface area (Å²) >= 11 is 1.24. The van der Waals surface area contributed by atoms with Crippen LogP contribution in [0.3, 0.4) is 0 Å². The van der Waals surface area contributed by atoms with Crippen LogP contribution >= 0.6 is 11.8 Å². The lowest BCUT2D eigenvalue weighted by molar-refractivity contribution is -0.115. The Morgan fingerprint density at radius 1 is 1.23 bits per heavy atom. The first-order chi connectivity index (χ1) is 12.5. The molecule has 6 heteroatoms. The number of carboxylic acids is 1. The summed E-state index contributed by atoms with van der Waals surface area (Å²) in [4.78, 5) is 28.3. The summed E-state index contributed by atoms with van der Waals surface area (Å²) in [5.41, 5.74) is 3.72. The molecule has 1 saturated heterocycles. The highest BCUT2D eigenvalue weighted by Crippen LogP contribution is 2.29. The molecular formula is C20H18N2O3S. The van der Waals surface area contributed by atoms with E-state index in [1.165, 1.54) is 29.5 Å². The molecule has 1 heterocycles. The van der Waals surface area contributed by atoms with Gasteiger partial charge in [-0.2, -0.15) is 0 Å². The number of amidine groups is 1. The third-order valence-corrected chi connectivity index (χ3v) is 4.92. The fourth-order valence-electron chi connectivity index (χ4n) is 2.45. The molecule has 0 saturated carbocycles. The predicted octanol–water partition coefficient (Wildman–Crippen LogP) is 4.15. The average molecular weight is 366 g/mol. The SMILES string of the molecule is CCc1ccc(/C=C2\SC(=Nc3cc(C(=O)O)ccc3C)NC2=O)cc1. The summed E-state index contributed by atoms with van der Waals surface area (Å²) < 4.78 is 0. The van der Waals surface area contributed by atoms with Gasteiger partial charge in [-0.05, 0) is 60.0 Å². The number of benzene rings is 2. The van der Waals surface area contributed by atoms with Gasteiger partial charge >= 0.3 is 5.97 Å². The van der Waals surface area contributed by atoms with E-state index in [1.54, 1.807) is 6.07 Å². The van der Waals surface area contributed by atoms with Crippen LogP contribution in [0.2, 0.25) is 0 Å². The molecule has 2 N–H and O–H groups in total. The normalized spacial score (nSPS) is 16.9. The molecule has 0 atom stereocenters. The molecule has 2 aromatic rings. The third-order valence-electron chi connectivity index (χ3n) is 4.01. The van der Waals surface area contributed by atoms with Crippen molar-refractivity contribution >= 4 is 40.6 Å². The largest absolute Gasteiger partial charge is 0.478 e. The summed E-state index contributed by atoms with van der Waals surface area (Å²) in [7, 11) is 0. The maximum atomic E-state index is 12.2. The van der Waals surface area contributed by atoms with E-state index in [9.17, 15) is 9.59 Å². The van der Waals surface area contributed by atoms with Crippen molar-refractivity contribution in [2.45, 2.75) is 20.3 Å². The summed E-state index contributed by atoms with van der Waals surface area (Å²) in [6, 6.07) is 12.8. The molecule has 0 radical (unpaired) electrons. The van der Waals surface area contributed by atoms with E-state index in [-0.39, 0.29) is 11.5 Å². The summed E-state index contributed by atoms with van der Waals surface area (Å²) in [6.07, 6.45) is 2.79. The molecular weight excluding hydrogens is 348 g/mol. The second kappa shape index (κ2) is 7.58. The number of aliphatic imine (C=N–C) groups is 1. The molecule has 1 aliphatic heterocycles. The lowest BCUT2D eigenvalue weighted by Gasteiger charge is -2.03. The van der Waals surface area contributed by atoms with E-state index in [1.807, 2.05) is 37.3 Å². The Labute approximate surface area is 155 Å². The number of hydrogen-bond donors (Lipinski definition) is 2. The molecule has 0 unspecified atom stereocenters. The van der Waals surface area contributed by atoms with Gasteiger partial charge in [0.15, 0.2) is 5.17 Å². The summed E-state index contributed by atoms with van der Waals surface area (Å²) in [5.74, 6) is -1.22. The van der Waals surface area contributed by atoms with Crippen LogP contribution in [0.4, 0.5) is 5.69 Å². The smallest absolute Gasteiger partial charge is 0.335 e. The first-order valence-corrected chi connectivity index (χ1v) is 9.00. The van der Waals surface area contributed by atoms with Crippen molar-refractivity contribution in [3.8, 4) is 0 Å². The number of aryl methyl sites for hydroxylation is 2. The number of hydrogen-bond acceptors (Lipinski definition) is 4. The third kappa shape index (κ3) is 4.03. The summed E-state index contributed by atoms with van der Waals surface area (Å²) in [5, 5.41) is 12.3. The van der Waals surface area contributed by atoms with Gasteiger partial charge < -0.3 is 10.4 Å². The minimum atomic E-state index is -1.01. The van der Waals surface area contributed by atoms with Crippen LogP contribution in [0.1, 0.15) is 34.0 Å². The van der Waals surface area contributed by atoms with Crippen molar-refractivity contribution in [3.05, 3.63) is 69.6 Å². The van der Waals surface area contributed by atoms with Gasteiger partial charge in [0.25, 0.3) is 5.91 Å². The Kier molecular flexibility index (Phi) is 5.23. The standard InChI is InChI=1S/C20H18N2O3S/c1-3-13-5-7-14(8-6-13)10-17-18(23)22-20(26-17)21-16-11-15(19(24)25)9-4-12(16)2/h4-11H,3H2,1-2H3,(H,24,25)(H,21,22,23)/b17-10-. The first kappa shape index (κ1) is 17.9. The lowest BCUT2D eigenvalue weighted by atomic mass is 10.1. The van der Waals surface area contributed by atoms with Crippen molar-refractivity contribution in [1.82, 2.24) is 5.32 Å². The van der Waals surface area contributed by atoms with Crippen LogP contribution in [0.15, 0.2) is 52.4 Å². The van der Waals surface area contributed by atoms with Crippen LogP contribution in [0.5, 0.6) is 0 Å². The van der Waals surface area contributed by atoms with Crippen molar-refractivity contribution in [2.75, 3.05) is 0 Å². The number of rotatable bonds is 4. The molecule has 132 valence electrons. The van der Waals surface area contributed by atoms with Crippen molar-refractivity contribution in [2.24, 2.45) is 4.99 Å². The van der Waals surface area contributed by atoms with Gasteiger partial charge in [-0.3, -0.25) is 4.79 Å². The Morgan fingerprint density at radius 3 is 2.62 bits per heavy atom. The highest BCUT2D eigenvalue weighted by Gasteiger charge is 2.24. The maximum absolute atomic E-state index is 12.2. The number of nitrogens with one attached hydrogen (secondary N) is 1. The van der Waals surface area contributed by atoms with Crippen LogP contribution in [0, 0.1) is 6.92 Å². The quantitative estimate of drug-likeness (QED) is 0.797. The van der Waals surface area contributed by atoms with Gasteiger partial charge in [0.05, 0.1) is 16.2 Å². The van der Waals surface area contributed by atoms with Gasteiger partial charge in [-0.25, -0.2) is 9.79 Å². The fraction of sp³-hybridized carbons (Fsp3) is 0.150. The van der Waals surface area contributed by atoms with Gasteiger partial charge in [-0.15, -0.1) is 0 Å². The lowest BCUT2D eigenvalue weighted by Crippen LogP contribution is -2.19. The summed E-state index contributed by atoms with van der Waals surface area (Å²) in [6.45, 7) is 3.94. The number of nitrogens with zero attached hydrogens (tertiary/aromatic N) is 1. The van der Waals surface area contributed by atoms with Gasteiger partial charge in [-0.1, -0.05) is 37.3 Å². The second-order valence-electron chi connectivity index (χ2n) is 5.88. The topological polar surface area (TPSA) is 78.8 Å². The fourth-order valence-corrected chi connectivity index (χ4v) is 3.29. The van der Waals surface area contributed by atoms with Crippen molar-refractivity contribution < 1.29 is 14.7 Å². The Hall–Kier alpha value is -2.86. The molecule has 1 amide bonds. The molecule has 0 aliphatic carbocycles. The molecule has 0 spiro atoms. The molecule has 2 aromatic carbocycles. The van der Waals surface area contributed by atoms with Crippen LogP contribution in [-0.2, 0) is 11.2 Å². The predicted molar refractivity (Wildman–Crippen MR) is 105 cm³/mol. The maximum Gasteiger partial charge on any atom is 0.335 e. The van der Waals surface area contributed by atoms with Crippen LogP contribution in [0.25, 0.3) is 6.08 Å². The molecule has 0 bridgehead atoms. The van der Waals surface area contributed by atoms with E-state index in [2.05, 4.69) is 17.2 Å². The number of aromatic carboxylic acids is 1. The van der Waals surface area contributed by atoms with E-state index in [0.29, 0.717) is 15.8 Å². The number of thioether (sulfide) groups is 1. The zero-order valence-corrected chi connectivity index (χ0v) is 15.3. The monoisotopic (exact) mass is 366 g/mol. The van der Waals surface area contributed by atoms with E-state index < -0.39 is 5.97 Å². The van der Waals surface area contributed by atoms with Gasteiger partial charge in [0.2, 0.25) is 0 Å². The number of amides is 1. The molecule has 26 heavy (non-hydrogen) atoms. The molecule has 1 aliphatic rings. The second-order valence-corrected chi connectivity index (χ2v) is 6.91. The Balaban J connectivity index is 1.85. The van der Waals surface area contributed by atoms with Crippen LogP contribution in [-0.4, -0.2) is 22.2 Å². The number of carboxylic acid groups (broad SMARTS) is 1. The highest BCUT2D eigenvalue weighted by molar-refractivity contribution is 8.18. The number of carbonyl (C=O) groups excluding carboxylic acids is 1. The first-order valence-electron chi connectivity index (χ1n) is 8.18. The highest BCUT2D eigenvalue weighted by atomic mass is 32.2. The van der Waals surface area contributed by atoms with Gasteiger partial charge in [0.1, 0.15) is 0 Å². The Morgan fingerprint density at radius 2 is 1.96 bits per heavy atom. The van der Waals surface area contributed by atoms with E-state index >= 15 is 0 Å². The molecule has 0 aromatic heterocycles. The van der Waals surface area contributed by atoms with Crippen LogP contribution < -0.4 is 5.32 Å². The van der Waals surface area contributed by atoms with E-state index in [0.717, 1.165) is 17.5 Å².